The summed E-state index contributed by atoms with van der Waals surface area (Å²) in [6, 6.07) is 62.6. The van der Waals surface area contributed by atoms with E-state index in [1.165, 1.54) is 10.8 Å². The van der Waals surface area contributed by atoms with Gasteiger partial charge in [0.2, 0.25) is 0 Å². The van der Waals surface area contributed by atoms with Gasteiger partial charge in [-0.1, -0.05) is 121 Å². The molecule has 0 aliphatic carbocycles. The van der Waals surface area contributed by atoms with Gasteiger partial charge in [0.15, 0.2) is 17.5 Å². The van der Waals surface area contributed by atoms with Crippen LogP contribution in [0.3, 0.4) is 0 Å². The molecule has 266 valence electrons. The lowest BCUT2D eigenvalue weighted by molar-refractivity contribution is 0.669. The first kappa shape index (κ1) is 31.5. The summed E-state index contributed by atoms with van der Waals surface area (Å²) in [7, 11) is 0. The standard InChI is InChI=1S/C51H30N4O2/c1-2-13-31(14-3-1)49-52-50(54-51(53-49)38-17-6-10-22-43(38)55-41-20-8-4-15-35(41)36-16-5-9-21-42(36)55)33-25-27-37-40-29-32(26-28-45(40)57-47(37)30-33)34-19-12-24-46-48(34)39-18-7-11-23-44(39)56-46/h1-30H. The molecule has 57 heavy (non-hydrogen) atoms. The number of aromatic nitrogens is 4. The Morgan fingerprint density at radius 1 is 0.333 bits per heavy atom. The summed E-state index contributed by atoms with van der Waals surface area (Å²) >= 11 is 0. The van der Waals surface area contributed by atoms with Crippen molar-refractivity contribution in [2.75, 3.05) is 0 Å². The number of para-hydroxylation sites is 4. The largest absolute Gasteiger partial charge is 0.456 e. The van der Waals surface area contributed by atoms with Crippen molar-refractivity contribution < 1.29 is 8.83 Å². The summed E-state index contributed by atoms with van der Waals surface area (Å²) in [6.07, 6.45) is 0. The number of fused-ring (bicyclic) bond motifs is 9. The van der Waals surface area contributed by atoms with Crippen molar-refractivity contribution in [2.24, 2.45) is 0 Å². The fourth-order valence-electron chi connectivity index (χ4n) is 8.48. The molecule has 0 N–H and O–H groups in total. The molecule has 0 aliphatic rings. The summed E-state index contributed by atoms with van der Waals surface area (Å²) in [5, 5.41) is 6.68. The Hall–Kier alpha value is -7.83. The van der Waals surface area contributed by atoms with Crippen molar-refractivity contribution in [3.05, 3.63) is 182 Å². The highest BCUT2D eigenvalue weighted by Crippen LogP contribution is 2.40. The van der Waals surface area contributed by atoms with Crippen molar-refractivity contribution in [2.45, 2.75) is 0 Å². The van der Waals surface area contributed by atoms with E-state index in [1.807, 2.05) is 60.7 Å². The van der Waals surface area contributed by atoms with E-state index < -0.39 is 0 Å². The van der Waals surface area contributed by atoms with Crippen molar-refractivity contribution in [3.8, 4) is 51.0 Å². The van der Waals surface area contributed by atoms with Gasteiger partial charge in [0, 0.05) is 49.0 Å². The Labute approximate surface area is 325 Å². The van der Waals surface area contributed by atoms with Gasteiger partial charge in [-0.05, 0) is 71.8 Å². The molecule has 0 amide bonds. The molecule has 12 rings (SSSR count). The zero-order valence-electron chi connectivity index (χ0n) is 30.4. The molecule has 0 aliphatic heterocycles. The van der Waals surface area contributed by atoms with Gasteiger partial charge in [0.25, 0.3) is 0 Å². The van der Waals surface area contributed by atoms with Gasteiger partial charge in [-0.25, -0.2) is 15.0 Å². The van der Waals surface area contributed by atoms with Crippen molar-refractivity contribution in [3.63, 3.8) is 0 Å². The highest BCUT2D eigenvalue weighted by molar-refractivity contribution is 6.14. The fourth-order valence-corrected chi connectivity index (χ4v) is 8.48. The maximum absolute atomic E-state index is 6.53. The highest BCUT2D eigenvalue weighted by Gasteiger charge is 2.20. The minimum atomic E-state index is 0.567. The van der Waals surface area contributed by atoms with Crippen LogP contribution in [0.5, 0.6) is 0 Å². The molecule has 4 heterocycles. The molecule has 4 aromatic heterocycles. The lowest BCUT2D eigenvalue weighted by atomic mass is 9.98. The third kappa shape index (κ3) is 4.94. The van der Waals surface area contributed by atoms with Crippen LogP contribution in [-0.4, -0.2) is 19.5 Å². The maximum atomic E-state index is 6.53. The number of furan rings is 2. The van der Waals surface area contributed by atoms with E-state index in [4.69, 9.17) is 23.8 Å². The van der Waals surface area contributed by atoms with Crippen LogP contribution in [0, 0.1) is 0 Å². The smallest absolute Gasteiger partial charge is 0.166 e. The van der Waals surface area contributed by atoms with Gasteiger partial charge in [0.1, 0.15) is 22.3 Å². The lowest BCUT2D eigenvalue weighted by Crippen LogP contribution is -2.03. The van der Waals surface area contributed by atoms with Crippen LogP contribution in [0.2, 0.25) is 0 Å². The summed E-state index contributed by atoms with van der Waals surface area (Å²) in [5.41, 5.74) is 11.5. The fraction of sp³-hybridized carbons (Fsp3) is 0. The van der Waals surface area contributed by atoms with Crippen LogP contribution in [0.25, 0.3) is 117 Å². The molecule has 0 atom stereocenters. The van der Waals surface area contributed by atoms with Gasteiger partial charge < -0.3 is 13.4 Å². The Balaban J connectivity index is 1.02. The molecule has 0 spiro atoms. The molecule has 0 fully saturated rings. The van der Waals surface area contributed by atoms with Crippen LogP contribution < -0.4 is 0 Å². The van der Waals surface area contributed by atoms with Crippen LogP contribution in [0.1, 0.15) is 0 Å². The van der Waals surface area contributed by atoms with E-state index in [0.29, 0.717) is 17.5 Å². The second-order valence-electron chi connectivity index (χ2n) is 14.4. The van der Waals surface area contributed by atoms with E-state index >= 15 is 0 Å². The predicted molar refractivity (Wildman–Crippen MR) is 230 cm³/mol. The average Bonchev–Trinajstić information content (AvgIpc) is 3.95. The lowest BCUT2D eigenvalue weighted by Gasteiger charge is -2.14. The number of rotatable bonds is 5. The Bertz CT molecular complexity index is 3490. The van der Waals surface area contributed by atoms with Crippen LogP contribution in [0.15, 0.2) is 191 Å². The third-order valence-electron chi connectivity index (χ3n) is 11.1. The first-order valence-electron chi connectivity index (χ1n) is 19.0. The first-order valence-corrected chi connectivity index (χ1v) is 19.0. The van der Waals surface area contributed by atoms with Gasteiger partial charge >= 0.3 is 0 Å². The molecule has 0 bridgehead atoms. The predicted octanol–water partition coefficient (Wildman–Crippen LogP) is 13.4. The van der Waals surface area contributed by atoms with E-state index in [-0.39, 0.29) is 0 Å². The number of hydrogen-bond donors (Lipinski definition) is 0. The van der Waals surface area contributed by atoms with Crippen molar-refractivity contribution >= 4 is 65.7 Å². The molecular weight excluding hydrogens is 701 g/mol. The second-order valence-corrected chi connectivity index (χ2v) is 14.4. The van der Waals surface area contributed by atoms with Crippen LogP contribution in [0.4, 0.5) is 0 Å². The average molecular weight is 731 g/mol. The summed E-state index contributed by atoms with van der Waals surface area (Å²) in [5.74, 6) is 1.76. The number of hydrogen-bond acceptors (Lipinski definition) is 5. The Morgan fingerprint density at radius 3 is 1.75 bits per heavy atom. The van der Waals surface area contributed by atoms with E-state index in [9.17, 15) is 0 Å². The molecule has 12 aromatic rings. The third-order valence-corrected chi connectivity index (χ3v) is 11.1. The van der Waals surface area contributed by atoms with Gasteiger partial charge in [0.05, 0.1) is 16.7 Å². The second kappa shape index (κ2) is 12.3. The summed E-state index contributed by atoms with van der Waals surface area (Å²) in [6.45, 7) is 0. The molecule has 8 aromatic carbocycles. The topological polar surface area (TPSA) is 69.9 Å². The summed E-state index contributed by atoms with van der Waals surface area (Å²) in [4.78, 5) is 15.4. The first-order chi connectivity index (χ1) is 28.2. The minimum Gasteiger partial charge on any atom is -0.456 e. The summed E-state index contributed by atoms with van der Waals surface area (Å²) < 4.78 is 15.1. The Kier molecular flexibility index (Phi) is 6.83. The quantitative estimate of drug-likeness (QED) is 0.176. The van der Waals surface area contributed by atoms with Crippen LogP contribution in [-0.2, 0) is 0 Å². The van der Waals surface area contributed by atoms with E-state index in [1.54, 1.807) is 0 Å². The van der Waals surface area contributed by atoms with Gasteiger partial charge in [-0.3, -0.25) is 0 Å². The van der Waals surface area contributed by atoms with Crippen molar-refractivity contribution in [1.29, 1.82) is 0 Å². The zero-order valence-corrected chi connectivity index (χ0v) is 30.4. The van der Waals surface area contributed by atoms with Crippen molar-refractivity contribution in [1.82, 2.24) is 19.5 Å². The van der Waals surface area contributed by atoms with Gasteiger partial charge in [-0.2, -0.15) is 0 Å². The monoisotopic (exact) mass is 730 g/mol. The highest BCUT2D eigenvalue weighted by atomic mass is 16.3. The molecule has 6 heteroatoms. The number of benzene rings is 8. The minimum absolute atomic E-state index is 0.567. The van der Waals surface area contributed by atoms with E-state index in [2.05, 4.69) is 126 Å². The molecule has 0 unspecified atom stereocenters. The van der Waals surface area contributed by atoms with E-state index in [0.717, 1.165) is 88.4 Å². The maximum Gasteiger partial charge on any atom is 0.166 e. The normalized spacial score (nSPS) is 11.9. The zero-order chi connectivity index (χ0) is 37.5. The number of nitrogens with zero attached hydrogens (tertiary/aromatic N) is 4. The molecule has 0 saturated heterocycles. The SMILES string of the molecule is c1ccc(-c2nc(-c3ccc4c(c3)oc3ccc(-c5cccc6oc7ccccc7c56)cc34)nc(-c3ccccc3-n3c4ccccc4c4ccccc43)n2)cc1. The Morgan fingerprint density at radius 2 is 0.930 bits per heavy atom. The molecule has 0 saturated carbocycles. The molecular formula is C51H30N4O2. The van der Waals surface area contributed by atoms with Gasteiger partial charge in [-0.15, -0.1) is 0 Å². The molecule has 6 nitrogen and oxygen atoms in total. The van der Waals surface area contributed by atoms with Crippen LogP contribution >= 0.6 is 0 Å². The molecule has 0 radical (unpaired) electrons.